The molecule has 0 fully saturated rings. The van der Waals surface area contributed by atoms with Crippen LogP contribution in [0.25, 0.3) is 0 Å². The van der Waals surface area contributed by atoms with E-state index in [4.69, 9.17) is 9.47 Å². The molecule has 0 radical (unpaired) electrons. The Morgan fingerprint density at radius 2 is 1.94 bits per heavy atom. The molecule has 0 rings (SSSR count). The highest BCUT2D eigenvalue weighted by Crippen LogP contribution is 2.15. The predicted octanol–water partition coefficient (Wildman–Crippen LogP) is 1.73. The van der Waals surface area contributed by atoms with Crippen LogP contribution in [0.1, 0.15) is 41.0 Å². The third-order valence-corrected chi connectivity index (χ3v) is 2.53. The van der Waals surface area contributed by atoms with Crippen LogP contribution in [0.3, 0.4) is 0 Å². The molecule has 1 N–H and O–H groups in total. The first-order chi connectivity index (χ1) is 7.32. The molecule has 0 aliphatic rings. The summed E-state index contributed by atoms with van der Waals surface area (Å²) in [5, 5.41) is 3.20. The van der Waals surface area contributed by atoms with Gasteiger partial charge in [-0.3, -0.25) is 4.79 Å². The fourth-order valence-electron chi connectivity index (χ4n) is 1.64. The average Bonchev–Trinajstić information content (AvgIpc) is 2.17. The zero-order chi connectivity index (χ0) is 12.8. The Bertz CT molecular complexity index is 216. The molecule has 0 aliphatic heterocycles. The Labute approximate surface area is 98.7 Å². The molecule has 16 heavy (non-hydrogen) atoms. The van der Waals surface area contributed by atoms with Crippen LogP contribution in [0.4, 0.5) is 0 Å². The molecule has 0 aliphatic carbocycles. The summed E-state index contributed by atoms with van der Waals surface area (Å²) in [5.41, 5.74) is -0.180. The largest absolute Gasteiger partial charge is 0.465 e. The molecular weight excluding hydrogens is 206 g/mol. The minimum atomic E-state index is -0.275. The van der Waals surface area contributed by atoms with E-state index < -0.39 is 0 Å². The Morgan fingerprint density at radius 1 is 1.38 bits per heavy atom. The molecule has 2 atom stereocenters. The van der Waals surface area contributed by atoms with Crippen LogP contribution in [0.5, 0.6) is 0 Å². The fraction of sp³-hybridized carbons (Fsp3) is 0.917. The number of carbonyl (C=O) groups excluding carboxylic acids is 1. The highest BCUT2D eigenvalue weighted by Gasteiger charge is 2.23. The van der Waals surface area contributed by atoms with Crippen molar-refractivity contribution in [2.75, 3.05) is 13.7 Å². The molecule has 0 spiro atoms. The summed E-state index contributed by atoms with van der Waals surface area (Å²) < 4.78 is 10.3. The van der Waals surface area contributed by atoms with E-state index in [0.717, 1.165) is 6.42 Å². The first-order valence-electron chi connectivity index (χ1n) is 5.80. The normalized spacial score (nSPS) is 15.6. The SMILES string of the molecule is CCOC(=O)C(C)NC(C)CC(C)(C)OC. The van der Waals surface area contributed by atoms with Crippen molar-refractivity contribution < 1.29 is 14.3 Å². The van der Waals surface area contributed by atoms with Crippen molar-refractivity contribution in [3.05, 3.63) is 0 Å². The first-order valence-corrected chi connectivity index (χ1v) is 5.80. The Hall–Kier alpha value is -0.610. The summed E-state index contributed by atoms with van der Waals surface area (Å²) >= 11 is 0. The second kappa shape index (κ2) is 6.86. The standard InChI is InChI=1S/C12H25NO3/c1-7-16-11(14)10(3)13-9(2)8-12(4,5)15-6/h9-10,13H,7-8H2,1-6H3. The molecule has 96 valence electrons. The minimum Gasteiger partial charge on any atom is -0.465 e. The van der Waals surface area contributed by atoms with Crippen LogP contribution in [-0.4, -0.2) is 37.4 Å². The van der Waals surface area contributed by atoms with Gasteiger partial charge < -0.3 is 14.8 Å². The lowest BCUT2D eigenvalue weighted by Crippen LogP contribution is -2.44. The third-order valence-electron chi connectivity index (χ3n) is 2.53. The lowest BCUT2D eigenvalue weighted by molar-refractivity contribution is -0.145. The fourth-order valence-corrected chi connectivity index (χ4v) is 1.64. The van der Waals surface area contributed by atoms with E-state index in [1.54, 1.807) is 7.11 Å². The lowest BCUT2D eigenvalue weighted by Gasteiger charge is -2.28. The van der Waals surface area contributed by atoms with Crippen LogP contribution in [0.2, 0.25) is 0 Å². The van der Waals surface area contributed by atoms with Crippen molar-refractivity contribution in [1.82, 2.24) is 5.32 Å². The smallest absolute Gasteiger partial charge is 0.322 e. The van der Waals surface area contributed by atoms with Gasteiger partial charge >= 0.3 is 5.97 Å². The Kier molecular flexibility index (Phi) is 6.60. The number of ether oxygens (including phenoxy) is 2. The van der Waals surface area contributed by atoms with Gasteiger partial charge in [-0.05, 0) is 41.0 Å². The molecule has 2 unspecified atom stereocenters. The molecule has 0 bridgehead atoms. The first kappa shape index (κ1) is 15.4. The number of rotatable bonds is 7. The van der Waals surface area contributed by atoms with Crippen molar-refractivity contribution in [3.8, 4) is 0 Å². The number of nitrogens with one attached hydrogen (secondary N) is 1. The van der Waals surface area contributed by atoms with Crippen molar-refractivity contribution in [2.24, 2.45) is 0 Å². The maximum atomic E-state index is 11.4. The van der Waals surface area contributed by atoms with E-state index in [9.17, 15) is 4.79 Å². The molecule has 4 nitrogen and oxygen atoms in total. The van der Waals surface area contributed by atoms with E-state index in [0.29, 0.717) is 6.61 Å². The monoisotopic (exact) mass is 231 g/mol. The van der Waals surface area contributed by atoms with Gasteiger partial charge in [0.25, 0.3) is 0 Å². The van der Waals surface area contributed by atoms with Gasteiger partial charge in [0.05, 0.1) is 12.2 Å². The zero-order valence-electron chi connectivity index (χ0n) is 11.3. The highest BCUT2D eigenvalue weighted by atomic mass is 16.5. The third kappa shape index (κ3) is 6.08. The van der Waals surface area contributed by atoms with Gasteiger partial charge in [0.2, 0.25) is 0 Å². The number of hydrogen-bond acceptors (Lipinski definition) is 4. The second-order valence-electron chi connectivity index (χ2n) is 4.71. The van der Waals surface area contributed by atoms with Crippen LogP contribution in [0, 0.1) is 0 Å². The van der Waals surface area contributed by atoms with Crippen molar-refractivity contribution in [1.29, 1.82) is 0 Å². The molecule has 0 aromatic carbocycles. The van der Waals surface area contributed by atoms with E-state index in [2.05, 4.69) is 5.32 Å². The highest BCUT2D eigenvalue weighted by molar-refractivity contribution is 5.75. The van der Waals surface area contributed by atoms with Gasteiger partial charge in [-0.2, -0.15) is 0 Å². The average molecular weight is 231 g/mol. The molecule has 0 saturated carbocycles. The minimum absolute atomic E-state index is 0.180. The van der Waals surface area contributed by atoms with E-state index in [1.165, 1.54) is 0 Å². The van der Waals surface area contributed by atoms with Crippen molar-refractivity contribution in [3.63, 3.8) is 0 Å². The maximum absolute atomic E-state index is 11.4. The molecule has 4 heteroatoms. The molecule has 0 amide bonds. The molecule has 0 heterocycles. The number of carbonyl (C=O) groups is 1. The maximum Gasteiger partial charge on any atom is 0.322 e. The number of hydrogen-bond donors (Lipinski definition) is 1. The van der Waals surface area contributed by atoms with Crippen LogP contribution < -0.4 is 5.32 Å². The van der Waals surface area contributed by atoms with Gasteiger partial charge in [-0.25, -0.2) is 0 Å². The quantitative estimate of drug-likeness (QED) is 0.678. The molecule has 0 saturated heterocycles. The summed E-state index contributed by atoms with van der Waals surface area (Å²) in [4.78, 5) is 11.4. The summed E-state index contributed by atoms with van der Waals surface area (Å²) in [5.74, 6) is -0.204. The topological polar surface area (TPSA) is 47.6 Å². The van der Waals surface area contributed by atoms with E-state index >= 15 is 0 Å². The summed E-state index contributed by atoms with van der Waals surface area (Å²) in [6.45, 7) is 10.1. The Morgan fingerprint density at radius 3 is 2.38 bits per heavy atom. The molecule has 0 aromatic rings. The zero-order valence-corrected chi connectivity index (χ0v) is 11.3. The summed E-state index contributed by atoms with van der Waals surface area (Å²) in [6, 6.07) is -0.0723. The van der Waals surface area contributed by atoms with E-state index in [-0.39, 0.29) is 23.7 Å². The van der Waals surface area contributed by atoms with Gasteiger partial charge in [0, 0.05) is 13.2 Å². The summed E-state index contributed by atoms with van der Waals surface area (Å²) in [6.07, 6.45) is 0.841. The van der Waals surface area contributed by atoms with Crippen LogP contribution in [-0.2, 0) is 14.3 Å². The van der Waals surface area contributed by atoms with E-state index in [1.807, 2.05) is 34.6 Å². The van der Waals surface area contributed by atoms with Crippen molar-refractivity contribution >= 4 is 5.97 Å². The number of esters is 1. The predicted molar refractivity (Wildman–Crippen MR) is 64.4 cm³/mol. The summed E-state index contributed by atoms with van der Waals surface area (Å²) in [7, 11) is 1.70. The molecular formula is C12H25NO3. The lowest BCUT2D eigenvalue weighted by atomic mass is 9.99. The second-order valence-corrected chi connectivity index (χ2v) is 4.71. The Balaban J connectivity index is 4.04. The van der Waals surface area contributed by atoms with Crippen LogP contribution >= 0.6 is 0 Å². The number of methoxy groups -OCH3 is 1. The van der Waals surface area contributed by atoms with Crippen LogP contribution in [0.15, 0.2) is 0 Å². The van der Waals surface area contributed by atoms with Gasteiger partial charge in [0.15, 0.2) is 0 Å². The van der Waals surface area contributed by atoms with Gasteiger partial charge in [-0.1, -0.05) is 0 Å². The van der Waals surface area contributed by atoms with Crippen molar-refractivity contribution in [2.45, 2.75) is 58.7 Å². The molecule has 0 aromatic heterocycles. The van der Waals surface area contributed by atoms with Gasteiger partial charge in [0.1, 0.15) is 6.04 Å². The van der Waals surface area contributed by atoms with Gasteiger partial charge in [-0.15, -0.1) is 0 Å².